The normalized spacial score (nSPS) is 11.6. The van der Waals surface area contributed by atoms with E-state index in [9.17, 15) is 22.8 Å². The number of aromatic nitrogens is 4. The first kappa shape index (κ1) is 30.7. The van der Waals surface area contributed by atoms with Crippen molar-refractivity contribution in [3.8, 4) is 22.5 Å². The topological polar surface area (TPSA) is 127 Å². The van der Waals surface area contributed by atoms with Gasteiger partial charge in [-0.1, -0.05) is 36.4 Å². The number of aryl methyl sites for hydroxylation is 1. The van der Waals surface area contributed by atoms with E-state index in [2.05, 4.69) is 25.7 Å². The number of hydrogen-bond donors (Lipinski definition) is 3. The van der Waals surface area contributed by atoms with Gasteiger partial charge in [0.15, 0.2) is 11.3 Å². The first-order valence-electron chi connectivity index (χ1n) is 14.3. The molecule has 0 aliphatic rings. The third-order valence-corrected chi connectivity index (χ3v) is 7.25. The smallest absolute Gasteiger partial charge is 0.397 e. The zero-order valence-corrected chi connectivity index (χ0v) is 24.8. The van der Waals surface area contributed by atoms with Crippen LogP contribution in [-0.4, -0.2) is 31.4 Å². The van der Waals surface area contributed by atoms with Crippen molar-refractivity contribution in [1.82, 2.24) is 19.6 Å². The largest absolute Gasteiger partial charge is 0.434 e. The van der Waals surface area contributed by atoms with E-state index in [0.29, 0.717) is 45.1 Å². The van der Waals surface area contributed by atoms with E-state index in [1.807, 2.05) is 19.1 Å². The monoisotopic (exact) mass is 633 g/mol. The van der Waals surface area contributed by atoms with Crippen molar-refractivity contribution < 1.29 is 22.8 Å². The first-order chi connectivity index (χ1) is 22.5. The summed E-state index contributed by atoms with van der Waals surface area (Å²) in [4.78, 5) is 33.7. The van der Waals surface area contributed by atoms with Crippen molar-refractivity contribution in [2.45, 2.75) is 13.1 Å². The molecule has 0 radical (unpaired) electrons. The number of nitrogens with zero attached hydrogens (tertiary/aromatic N) is 4. The predicted molar refractivity (Wildman–Crippen MR) is 174 cm³/mol. The highest BCUT2D eigenvalue weighted by Gasteiger charge is 2.35. The minimum atomic E-state index is -4.64. The Morgan fingerprint density at radius 3 is 2.51 bits per heavy atom. The Bertz CT molecular complexity index is 2170. The number of nitrogen functional groups attached to an aromatic ring is 1. The number of halogens is 3. The molecule has 3 aromatic carbocycles. The van der Waals surface area contributed by atoms with Gasteiger partial charge in [0, 0.05) is 34.7 Å². The molecule has 234 valence electrons. The number of rotatable bonds is 7. The van der Waals surface area contributed by atoms with E-state index < -0.39 is 11.9 Å². The maximum Gasteiger partial charge on any atom is 0.434 e. The van der Waals surface area contributed by atoms with Gasteiger partial charge in [0.05, 0.1) is 29.0 Å². The zero-order chi connectivity index (χ0) is 33.1. The van der Waals surface area contributed by atoms with Crippen molar-refractivity contribution in [1.29, 1.82) is 0 Å². The lowest BCUT2D eigenvalue weighted by molar-refractivity contribution is -0.140. The van der Waals surface area contributed by atoms with Crippen molar-refractivity contribution in [3.05, 3.63) is 132 Å². The van der Waals surface area contributed by atoms with Crippen LogP contribution in [0.4, 0.5) is 30.2 Å². The molecule has 9 nitrogen and oxygen atoms in total. The molecule has 0 fully saturated rings. The number of pyridine rings is 1. The van der Waals surface area contributed by atoms with E-state index in [-0.39, 0.29) is 23.1 Å². The molecule has 3 aromatic heterocycles. The third-order valence-electron chi connectivity index (χ3n) is 7.25. The standard InChI is InChI=1S/C35H26F3N7O2/c1-21-11-13-23(30-20-45-31(41-30)15-14-27(44-45)25-8-5-17-40-33(25)35(36,37)38)19-29(21)43-34(47)24-7-4-6-22(18-24)12-16-32(46)42-28-10-3-2-9-26(28)39/h2-20H,39H2,1H3,(H,42,46)(H,43,47). The molecule has 12 heteroatoms. The fourth-order valence-corrected chi connectivity index (χ4v) is 4.85. The van der Waals surface area contributed by atoms with Crippen molar-refractivity contribution >= 4 is 40.6 Å². The van der Waals surface area contributed by atoms with Gasteiger partial charge < -0.3 is 16.4 Å². The van der Waals surface area contributed by atoms with Crippen LogP contribution >= 0.6 is 0 Å². The number of carbonyl (C=O) groups is 2. The summed E-state index contributed by atoms with van der Waals surface area (Å²) >= 11 is 0. The summed E-state index contributed by atoms with van der Waals surface area (Å²) in [5.41, 5.74) is 9.73. The van der Waals surface area contributed by atoms with Crippen LogP contribution in [0.2, 0.25) is 0 Å². The summed E-state index contributed by atoms with van der Waals surface area (Å²) in [5, 5.41) is 10.0. The number of carbonyl (C=O) groups excluding carboxylic acids is 2. The molecule has 0 unspecified atom stereocenters. The maximum atomic E-state index is 13.5. The van der Waals surface area contributed by atoms with Gasteiger partial charge in [-0.05, 0) is 78.7 Å². The summed E-state index contributed by atoms with van der Waals surface area (Å²) in [6.07, 6.45) is 1.01. The molecule has 2 amide bonds. The van der Waals surface area contributed by atoms with Crippen molar-refractivity contribution in [2.24, 2.45) is 0 Å². The van der Waals surface area contributed by atoms with Crippen LogP contribution in [0.3, 0.4) is 0 Å². The summed E-state index contributed by atoms with van der Waals surface area (Å²) in [7, 11) is 0. The maximum absolute atomic E-state index is 13.5. The fraction of sp³-hybridized carbons (Fsp3) is 0.0571. The second-order valence-corrected chi connectivity index (χ2v) is 10.6. The number of hydrogen-bond acceptors (Lipinski definition) is 6. The number of anilines is 3. The van der Waals surface area contributed by atoms with Gasteiger partial charge in [-0.15, -0.1) is 0 Å². The number of benzene rings is 3. The number of para-hydroxylation sites is 2. The van der Waals surface area contributed by atoms with Gasteiger partial charge in [0.25, 0.3) is 5.91 Å². The Kier molecular flexibility index (Phi) is 8.23. The van der Waals surface area contributed by atoms with E-state index in [1.54, 1.807) is 72.9 Å². The predicted octanol–water partition coefficient (Wildman–Crippen LogP) is 7.27. The highest BCUT2D eigenvalue weighted by Crippen LogP contribution is 2.35. The molecule has 0 bridgehead atoms. The lowest BCUT2D eigenvalue weighted by Gasteiger charge is -2.10. The number of nitrogens with one attached hydrogen (secondary N) is 2. The average Bonchev–Trinajstić information content (AvgIpc) is 3.49. The molecule has 4 N–H and O–H groups in total. The number of fused-ring (bicyclic) bond motifs is 1. The molecular weight excluding hydrogens is 607 g/mol. The Hall–Kier alpha value is -6.30. The van der Waals surface area contributed by atoms with Crippen molar-refractivity contribution in [3.63, 3.8) is 0 Å². The fourth-order valence-electron chi connectivity index (χ4n) is 4.85. The number of alkyl halides is 3. The summed E-state index contributed by atoms with van der Waals surface area (Å²) in [6, 6.07) is 24.9. The molecule has 3 heterocycles. The average molecular weight is 634 g/mol. The van der Waals surface area contributed by atoms with Crippen molar-refractivity contribution in [2.75, 3.05) is 16.4 Å². The summed E-state index contributed by atoms with van der Waals surface area (Å²) < 4.78 is 42.0. The number of amides is 2. The Labute approximate surface area is 266 Å². The van der Waals surface area contributed by atoms with Gasteiger partial charge in [0.2, 0.25) is 5.91 Å². The van der Waals surface area contributed by atoms with E-state index in [1.165, 1.54) is 28.8 Å². The molecular formula is C35H26F3N7O2. The van der Waals surface area contributed by atoms with Gasteiger partial charge in [0.1, 0.15) is 0 Å². The van der Waals surface area contributed by atoms with Crippen LogP contribution in [0.1, 0.15) is 27.2 Å². The molecule has 0 spiro atoms. The van der Waals surface area contributed by atoms with Gasteiger partial charge in [-0.3, -0.25) is 14.6 Å². The summed E-state index contributed by atoms with van der Waals surface area (Å²) in [5.74, 6) is -0.730. The quantitative estimate of drug-likeness (QED) is 0.125. The molecule has 6 rings (SSSR count). The highest BCUT2D eigenvalue weighted by atomic mass is 19.4. The molecule has 6 aromatic rings. The van der Waals surface area contributed by atoms with Crippen LogP contribution in [0, 0.1) is 6.92 Å². The first-order valence-corrected chi connectivity index (χ1v) is 14.3. The van der Waals surface area contributed by atoms with E-state index >= 15 is 0 Å². The Morgan fingerprint density at radius 2 is 1.70 bits per heavy atom. The van der Waals surface area contributed by atoms with Crippen LogP contribution in [0.25, 0.3) is 34.2 Å². The van der Waals surface area contributed by atoms with Crippen LogP contribution < -0.4 is 16.4 Å². The molecule has 0 saturated heterocycles. The molecule has 0 atom stereocenters. The lowest BCUT2D eigenvalue weighted by Crippen LogP contribution is -2.13. The molecule has 0 aliphatic carbocycles. The molecule has 0 aliphatic heterocycles. The van der Waals surface area contributed by atoms with Gasteiger partial charge in [-0.2, -0.15) is 18.3 Å². The number of imidazole rings is 1. The van der Waals surface area contributed by atoms with Crippen LogP contribution in [0.5, 0.6) is 0 Å². The molecule has 47 heavy (non-hydrogen) atoms. The Balaban J connectivity index is 1.20. The highest BCUT2D eigenvalue weighted by molar-refractivity contribution is 6.06. The second-order valence-electron chi connectivity index (χ2n) is 10.6. The number of nitrogens with two attached hydrogens (primary N) is 1. The van der Waals surface area contributed by atoms with E-state index in [4.69, 9.17) is 5.73 Å². The summed E-state index contributed by atoms with van der Waals surface area (Å²) in [6.45, 7) is 1.85. The lowest BCUT2D eigenvalue weighted by atomic mass is 10.1. The SMILES string of the molecule is Cc1ccc(-c2cn3nc(-c4cccnc4C(F)(F)F)ccc3n2)cc1NC(=O)c1cccc(C=CC(=O)Nc2ccccc2N)c1. The zero-order valence-electron chi connectivity index (χ0n) is 24.8. The van der Waals surface area contributed by atoms with E-state index in [0.717, 1.165) is 11.8 Å². The van der Waals surface area contributed by atoms with Crippen LogP contribution in [-0.2, 0) is 11.0 Å². The minimum absolute atomic E-state index is 0.0947. The minimum Gasteiger partial charge on any atom is -0.397 e. The van der Waals surface area contributed by atoms with Gasteiger partial charge in [-0.25, -0.2) is 9.50 Å². The third kappa shape index (κ3) is 6.86. The Morgan fingerprint density at radius 1 is 0.872 bits per heavy atom. The second kappa shape index (κ2) is 12.6. The molecule has 0 saturated carbocycles. The van der Waals surface area contributed by atoms with Crippen LogP contribution in [0.15, 0.2) is 109 Å². The van der Waals surface area contributed by atoms with Gasteiger partial charge >= 0.3 is 6.18 Å².